The molecule has 1 aliphatic rings. The second-order valence-corrected chi connectivity index (χ2v) is 7.78. The minimum Gasteiger partial charge on any atom is -0.454 e. The molecule has 0 fully saturated rings. The predicted octanol–water partition coefficient (Wildman–Crippen LogP) is 3.22. The van der Waals surface area contributed by atoms with Gasteiger partial charge in [0.15, 0.2) is 22.7 Å². The van der Waals surface area contributed by atoms with Gasteiger partial charge in [-0.15, -0.1) is 0 Å². The second-order valence-electron chi connectivity index (χ2n) is 7.78. The van der Waals surface area contributed by atoms with Crippen LogP contribution in [-0.4, -0.2) is 26.3 Å². The van der Waals surface area contributed by atoms with Crippen LogP contribution in [0.15, 0.2) is 65.5 Å². The highest BCUT2D eigenvalue weighted by molar-refractivity contribution is 5.83. The first-order valence-corrected chi connectivity index (χ1v) is 10.3. The number of ether oxygens (including phenoxy) is 2. The van der Waals surface area contributed by atoms with Crippen molar-refractivity contribution in [3.05, 3.63) is 88.0 Å². The van der Waals surface area contributed by atoms with E-state index in [4.69, 9.17) is 15.2 Å². The van der Waals surface area contributed by atoms with Gasteiger partial charge in [0.2, 0.25) is 12.7 Å². The molecule has 3 N–H and O–H groups in total. The summed E-state index contributed by atoms with van der Waals surface area (Å²) in [6.07, 6.45) is 0.500. The smallest absolute Gasteiger partial charge is 0.278 e. The number of fused-ring (bicyclic) bond motifs is 3. The van der Waals surface area contributed by atoms with Crippen LogP contribution in [0.1, 0.15) is 17.0 Å². The van der Waals surface area contributed by atoms with Crippen molar-refractivity contribution in [1.29, 1.82) is 0 Å². The summed E-state index contributed by atoms with van der Waals surface area (Å²) in [7, 11) is 0. The maximum atomic E-state index is 12.8. The molecule has 0 unspecified atom stereocenters. The zero-order chi connectivity index (χ0) is 21.7. The summed E-state index contributed by atoms with van der Waals surface area (Å²) in [5.74, 6) is 2.20. The molecule has 8 heteroatoms. The minimum atomic E-state index is -0.308. The van der Waals surface area contributed by atoms with E-state index in [2.05, 4.69) is 45.3 Å². The second kappa shape index (κ2) is 7.12. The summed E-state index contributed by atoms with van der Waals surface area (Å²) in [6, 6.07) is 20.3. The van der Waals surface area contributed by atoms with E-state index in [1.54, 1.807) is 0 Å². The first-order chi connectivity index (χ1) is 15.6. The summed E-state index contributed by atoms with van der Waals surface area (Å²) in [5.41, 5.74) is 8.26. The molecule has 2 aromatic heterocycles. The van der Waals surface area contributed by atoms with Crippen molar-refractivity contribution in [2.75, 3.05) is 12.5 Å². The standard InChI is InChI=1S/C24H19N5O3/c25-24-27-22-21(23(30)28-24)29(12-15-5-7-16-3-1-2-4-17(16)9-15)20(26-22)11-14-6-8-18-19(10-14)32-13-31-18/h1-10H,11-13H2,(H3,25,27,28,30). The Bertz CT molecular complexity index is 1550. The zero-order valence-electron chi connectivity index (χ0n) is 17.0. The Morgan fingerprint density at radius 3 is 2.66 bits per heavy atom. The van der Waals surface area contributed by atoms with E-state index in [0.717, 1.165) is 28.1 Å². The van der Waals surface area contributed by atoms with Gasteiger partial charge in [-0.05, 0) is 40.1 Å². The van der Waals surface area contributed by atoms with Gasteiger partial charge in [-0.2, -0.15) is 4.98 Å². The Kier molecular flexibility index (Phi) is 4.10. The van der Waals surface area contributed by atoms with Crippen LogP contribution in [0.3, 0.4) is 0 Å². The van der Waals surface area contributed by atoms with Gasteiger partial charge in [-0.1, -0.05) is 42.5 Å². The first kappa shape index (κ1) is 18.4. The van der Waals surface area contributed by atoms with Crippen LogP contribution in [0.4, 0.5) is 5.95 Å². The highest BCUT2D eigenvalue weighted by atomic mass is 16.7. The summed E-state index contributed by atoms with van der Waals surface area (Å²) in [5, 5.41) is 2.31. The topological polar surface area (TPSA) is 108 Å². The van der Waals surface area contributed by atoms with Gasteiger partial charge in [0.05, 0.1) is 0 Å². The number of imidazole rings is 1. The van der Waals surface area contributed by atoms with Crippen LogP contribution in [-0.2, 0) is 13.0 Å². The Balaban J connectivity index is 1.46. The van der Waals surface area contributed by atoms with E-state index in [1.165, 1.54) is 5.39 Å². The number of hydrogen-bond donors (Lipinski definition) is 2. The molecule has 3 heterocycles. The molecular weight excluding hydrogens is 406 g/mol. The molecule has 0 aliphatic carbocycles. The molecule has 6 rings (SSSR count). The number of hydrogen-bond acceptors (Lipinski definition) is 6. The first-order valence-electron chi connectivity index (χ1n) is 10.3. The Hall–Kier alpha value is -4.33. The average Bonchev–Trinajstić information content (AvgIpc) is 3.38. The summed E-state index contributed by atoms with van der Waals surface area (Å²) >= 11 is 0. The summed E-state index contributed by atoms with van der Waals surface area (Å²) in [6.45, 7) is 0.702. The lowest BCUT2D eigenvalue weighted by molar-refractivity contribution is 0.174. The zero-order valence-corrected chi connectivity index (χ0v) is 17.0. The van der Waals surface area contributed by atoms with Crippen molar-refractivity contribution in [3.8, 4) is 11.5 Å². The molecule has 0 amide bonds. The number of H-pyrrole nitrogens is 1. The fourth-order valence-corrected chi connectivity index (χ4v) is 4.16. The predicted molar refractivity (Wildman–Crippen MR) is 121 cm³/mol. The lowest BCUT2D eigenvalue weighted by Crippen LogP contribution is -2.16. The van der Waals surface area contributed by atoms with Crippen LogP contribution in [0.2, 0.25) is 0 Å². The maximum absolute atomic E-state index is 12.8. The van der Waals surface area contributed by atoms with Gasteiger partial charge in [0.25, 0.3) is 5.56 Å². The Labute approximate surface area is 182 Å². The molecule has 0 radical (unpaired) electrons. The molecular formula is C24H19N5O3. The van der Waals surface area contributed by atoms with Crippen LogP contribution < -0.4 is 20.8 Å². The molecule has 0 saturated carbocycles. The molecule has 3 aromatic carbocycles. The van der Waals surface area contributed by atoms with E-state index in [-0.39, 0.29) is 18.3 Å². The van der Waals surface area contributed by atoms with Gasteiger partial charge in [0, 0.05) is 13.0 Å². The molecule has 0 atom stereocenters. The maximum Gasteiger partial charge on any atom is 0.278 e. The lowest BCUT2D eigenvalue weighted by atomic mass is 10.1. The van der Waals surface area contributed by atoms with Crippen molar-refractivity contribution in [3.63, 3.8) is 0 Å². The third kappa shape index (κ3) is 3.13. The number of aromatic amines is 1. The van der Waals surface area contributed by atoms with Crippen LogP contribution in [0.25, 0.3) is 21.9 Å². The SMILES string of the molecule is Nc1nc2nc(Cc3ccc4c(c3)OCO4)n(Cc3ccc4ccccc4c3)c2c(=O)[nH]1. The average molecular weight is 425 g/mol. The third-order valence-electron chi connectivity index (χ3n) is 5.67. The number of benzene rings is 3. The molecule has 5 aromatic rings. The van der Waals surface area contributed by atoms with E-state index >= 15 is 0 Å². The molecule has 32 heavy (non-hydrogen) atoms. The third-order valence-corrected chi connectivity index (χ3v) is 5.67. The van der Waals surface area contributed by atoms with Crippen molar-refractivity contribution in [1.82, 2.24) is 19.5 Å². The van der Waals surface area contributed by atoms with Crippen molar-refractivity contribution in [2.24, 2.45) is 0 Å². The van der Waals surface area contributed by atoms with E-state index < -0.39 is 0 Å². The highest BCUT2D eigenvalue weighted by Gasteiger charge is 2.19. The molecule has 0 bridgehead atoms. The number of anilines is 1. The molecule has 1 aliphatic heterocycles. The fourth-order valence-electron chi connectivity index (χ4n) is 4.16. The van der Waals surface area contributed by atoms with Crippen molar-refractivity contribution < 1.29 is 9.47 Å². The molecule has 0 saturated heterocycles. The van der Waals surface area contributed by atoms with E-state index in [9.17, 15) is 4.79 Å². The molecule has 158 valence electrons. The Morgan fingerprint density at radius 2 is 1.75 bits per heavy atom. The van der Waals surface area contributed by atoms with Gasteiger partial charge >= 0.3 is 0 Å². The van der Waals surface area contributed by atoms with Gasteiger partial charge in [0.1, 0.15) is 5.82 Å². The number of aromatic nitrogens is 4. The van der Waals surface area contributed by atoms with Gasteiger partial charge in [-0.25, -0.2) is 4.98 Å². The fraction of sp³-hybridized carbons (Fsp3) is 0.125. The van der Waals surface area contributed by atoms with Crippen molar-refractivity contribution >= 4 is 27.9 Å². The van der Waals surface area contributed by atoms with Crippen molar-refractivity contribution in [2.45, 2.75) is 13.0 Å². The molecule has 0 spiro atoms. The Morgan fingerprint density at radius 1 is 0.938 bits per heavy atom. The number of rotatable bonds is 4. The number of nitrogen functional groups attached to an aromatic ring is 1. The van der Waals surface area contributed by atoms with Gasteiger partial charge in [-0.3, -0.25) is 9.78 Å². The monoisotopic (exact) mass is 425 g/mol. The lowest BCUT2D eigenvalue weighted by Gasteiger charge is -2.10. The molecule has 8 nitrogen and oxygen atoms in total. The number of nitrogens with zero attached hydrogens (tertiary/aromatic N) is 3. The summed E-state index contributed by atoms with van der Waals surface area (Å²) in [4.78, 5) is 24.3. The number of nitrogens with two attached hydrogens (primary N) is 1. The largest absolute Gasteiger partial charge is 0.454 e. The van der Waals surface area contributed by atoms with E-state index in [1.807, 2.05) is 34.9 Å². The highest BCUT2D eigenvalue weighted by Crippen LogP contribution is 2.33. The summed E-state index contributed by atoms with van der Waals surface area (Å²) < 4.78 is 12.8. The van der Waals surface area contributed by atoms with Crippen LogP contribution in [0.5, 0.6) is 11.5 Å². The van der Waals surface area contributed by atoms with E-state index in [0.29, 0.717) is 29.9 Å². The van der Waals surface area contributed by atoms with Crippen LogP contribution >= 0.6 is 0 Å². The van der Waals surface area contributed by atoms with Gasteiger partial charge < -0.3 is 19.8 Å². The minimum absolute atomic E-state index is 0.0486. The number of nitrogens with one attached hydrogen (secondary N) is 1. The van der Waals surface area contributed by atoms with Crippen LogP contribution in [0, 0.1) is 0 Å². The normalized spacial score (nSPS) is 12.6. The quantitative estimate of drug-likeness (QED) is 0.458.